The van der Waals surface area contributed by atoms with Crippen LogP contribution in [-0.2, 0) is 6.54 Å². The molecule has 0 aliphatic carbocycles. The van der Waals surface area contributed by atoms with Crippen molar-refractivity contribution in [2.75, 3.05) is 0 Å². The van der Waals surface area contributed by atoms with Crippen LogP contribution in [0.25, 0.3) is 11.4 Å². The van der Waals surface area contributed by atoms with Gasteiger partial charge in [-0.05, 0) is 24.3 Å². The minimum Gasteiger partial charge on any atom is -0.341 e. The van der Waals surface area contributed by atoms with Crippen molar-refractivity contribution in [1.29, 1.82) is 0 Å². The molecule has 0 amide bonds. The Morgan fingerprint density at radius 3 is 2.57 bits per heavy atom. The van der Waals surface area contributed by atoms with E-state index in [0.29, 0.717) is 12.4 Å². The van der Waals surface area contributed by atoms with Gasteiger partial charge in [0.25, 0.3) is 0 Å². The first kappa shape index (κ1) is 8.90. The molecule has 1 aromatic carbocycles. The van der Waals surface area contributed by atoms with E-state index >= 15 is 0 Å². The summed E-state index contributed by atoms with van der Waals surface area (Å²) in [6.45, 7) is 0.425. The maximum Gasteiger partial charge on any atom is 0.137 e. The summed E-state index contributed by atoms with van der Waals surface area (Å²) in [6.07, 6.45) is 1.68. The largest absolute Gasteiger partial charge is 0.341 e. The van der Waals surface area contributed by atoms with Crippen LogP contribution in [0, 0.1) is 5.82 Å². The van der Waals surface area contributed by atoms with E-state index in [1.165, 1.54) is 12.1 Å². The van der Waals surface area contributed by atoms with Crippen LogP contribution < -0.4 is 5.73 Å². The first-order valence-electron chi connectivity index (χ1n) is 4.29. The molecule has 3 nitrogen and oxygen atoms in total. The maximum absolute atomic E-state index is 12.6. The highest BCUT2D eigenvalue weighted by Crippen LogP contribution is 2.15. The molecule has 0 aliphatic heterocycles. The van der Waals surface area contributed by atoms with Crippen molar-refractivity contribution >= 4 is 0 Å². The number of imidazole rings is 1. The highest BCUT2D eigenvalue weighted by atomic mass is 19.1. The molecule has 1 heterocycles. The van der Waals surface area contributed by atoms with Gasteiger partial charge in [0.2, 0.25) is 0 Å². The second kappa shape index (κ2) is 3.59. The number of rotatable bonds is 2. The van der Waals surface area contributed by atoms with Crippen molar-refractivity contribution in [2.45, 2.75) is 6.54 Å². The zero-order valence-electron chi connectivity index (χ0n) is 7.50. The number of aromatic amines is 1. The Morgan fingerprint density at radius 1 is 1.29 bits per heavy atom. The molecule has 0 bridgehead atoms. The normalized spacial score (nSPS) is 10.4. The number of aromatic nitrogens is 2. The molecule has 1 aromatic heterocycles. The van der Waals surface area contributed by atoms with Crippen molar-refractivity contribution in [1.82, 2.24) is 9.97 Å². The minimum absolute atomic E-state index is 0.251. The smallest absolute Gasteiger partial charge is 0.137 e. The SMILES string of the molecule is NCc1cnc(-c2ccc(F)cc2)[nH]1. The summed E-state index contributed by atoms with van der Waals surface area (Å²) in [5.74, 6) is 0.463. The highest BCUT2D eigenvalue weighted by Gasteiger charge is 2.01. The Bertz CT molecular complexity index is 419. The Kier molecular flexibility index (Phi) is 2.28. The third kappa shape index (κ3) is 1.65. The molecule has 3 N–H and O–H groups in total. The number of benzene rings is 1. The molecule has 14 heavy (non-hydrogen) atoms. The van der Waals surface area contributed by atoms with Crippen LogP contribution in [0.2, 0.25) is 0 Å². The fraction of sp³-hybridized carbons (Fsp3) is 0.100. The molecule has 0 saturated carbocycles. The van der Waals surface area contributed by atoms with Gasteiger partial charge in [-0.15, -0.1) is 0 Å². The lowest BCUT2D eigenvalue weighted by Gasteiger charge is -1.95. The van der Waals surface area contributed by atoms with Gasteiger partial charge in [-0.25, -0.2) is 9.37 Å². The number of hydrogen-bond donors (Lipinski definition) is 2. The lowest BCUT2D eigenvalue weighted by molar-refractivity contribution is 0.628. The van der Waals surface area contributed by atoms with Crippen LogP contribution in [0.4, 0.5) is 4.39 Å². The van der Waals surface area contributed by atoms with Crippen LogP contribution in [0.15, 0.2) is 30.5 Å². The van der Waals surface area contributed by atoms with E-state index in [9.17, 15) is 4.39 Å². The van der Waals surface area contributed by atoms with Crippen molar-refractivity contribution in [2.24, 2.45) is 5.73 Å². The molecule has 2 aromatic rings. The number of H-pyrrole nitrogens is 1. The monoisotopic (exact) mass is 191 g/mol. The van der Waals surface area contributed by atoms with Gasteiger partial charge >= 0.3 is 0 Å². The van der Waals surface area contributed by atoms with Gasteiger partial charge in [0.05, 0.1) is 0 Å². The molecule has 0 radical (unpaired) electrons. The number of nitrogens with two attached hydrogens (primary N) is 1. The Labute approximate surface area is 80.8 Å². The van der Waals surface area contributed by atoms with Gasteiger partial charge in [0.1, 0.15) is 11.6 Å². The van der Waals surface area contributed by atoms with E-state index < -0.39 is 0 Å². The van der Waals surface area contributed by atoms with Gasteiger partial charge in [0, 0.05) is 24.0 Å². The first-order valence-corrected chi connectivity index (χ1v) is 4.29. The lowest BCUT2D eigenvalue weighted by Crippen LogP contribution is -1.95. The highest BCUT2D eigenvalue weighted by molar-refractivity contribution is 5.54. The molecule has 0 atom stereocenters. The number of halogens is 1. The molecule has 4 heteroatoms. The van der Waals surface area contributed by atoms with Crippen molar-refractivity contribution < 1.29 is 4.39 Å². The second-order valence-electron chi connectivity index (χ2n) is 2.97. The summed E-state index contributed by atoms with van der Waals surface area (Å²) in [6, 6.07) is 6.16. The number of nitrogens with one attached hydrogen (secondary N) is 1. The number of nitrogens with zero attached hydrogens (tertiary/aromatic N) is 1. The van der Waals surface area contributed by atoms with Gasteiger partial charge in [-0.1, -0.05) is 0 Å². The van der Waals surface area contributed by atoms with E-state index in [1.807, 2.05) is 0 Å². The molecule has 0 saturated heterocycles. The Morgan fingerprint density at radius 2 is 2.00 bits per heavy atom. The maximum atomic E-state index is 12.6. The second-order valence-corrected chi connectivity index (χ2v) is 2.97. The minimum atomic E-state index is -0.251. The van der Waals surface area contributed by atoms with E-state index in [-0.39, 0.29) is 5.82 Å². The summed E-state index contributed by atoms with van der Waals surface area (Å²) >= 11 is 0. The topological polar surface area (TPSA) is 54.7 Å². The fourth-order valence-corrected chi connectivity index (χ4v) is 1.22. The standard InChI is InChI=1S/C10H10FN3/c11-8-3-1-7(2-4-8)10-13-6-9(5-12)14-10/h1-4,6H,5,12H2,(H,13,14). The summed E-state index contributed by atoms with van der Waals surface area (Å²) in [5.41, 5.74) is 7.15. The molecule has 0 spiro atoms. The fourth-order valence-electron chi connectivity index (χ4n) is 1.22. The molecule has 72 valence electrons. The first-order chi connectivity index (χ1) is 6.79. The van der Waals surface area contributed by atoms with Gasteiger partial charge < -0.3 is 10.7 Å². The molecule has 2 rings (SSSR count). The zero-order valence-corrected chi connectivity index (χ0v) is 7.50. The predicted octanol–water partition coefficient (Wildman–Crippen LogP) is 1.67. The molecular weight excluding hydrogens is 181 g/mol. The van der Waals surface area contributed by atoms with E-state index in [1.54, 1.807) is 18.3 Å². The molecular formula is C10H10FN3. The van der Waals surface area contributed by atoms with Crippen LogP contribution in [0.3, 0.4) is 0 Å². The third-order valence-corrected chi connectivity index (χ3v) is 1.97. The Balaban J connectivity index is 2.34. The third-order valence-electron chi connectivity index (χ3n) is 1.97. The summed E-state index contributed by atoms with van der Waals surface area (Å²) in [7, 11) is 0. The molecule has 0 fully saturated rings. The van der Waals surface area contributed by atoms with Crippen molar-refractivity contribution in [3.05, 3.63) is 42.0 Å². The van der Waals surface area contributed by atoms with Crippen LogP contribution in [0.5, 0.6) is 0 Å². The quantitative estimate of drug-likeness (QED) is 0.758. The lowest BCUT2D eigenvalue weighted by atomic mass is 10.2. The van der Waals surface area contributed by atoms with Crippen LogP contribution in [-0.4, -0.2) is 9.97 Å². The van der Waals surface area contributed by atoms with Crippen LogP contribution >= 0.6 is 0 Å². The summed E-state index contributed by atoms with van der Waals surface area (Å²) in [4.78, 5) is 7.17. The van der Waals surface area contributed by atoms with E-state index in [2.05, 4.69) is 9.97 Å². The summed E-state index contributed by atoms with van der Waals surface area (Å²) < 4.78 is 12.6. The Hall–Kier alpha value is -1.68. The summed E-state index contributed by atoms with van der Waals surface area (Å²) in [5, 5.41) is 0. The molecule has 0 unspecified atom stereocenters. The average Bonchev–Trinajstić information content (AvgIpc) is 2.67. The number of hydrogen-bond acceptors (Lipinski definition) is 2. The van der Waals surface area contributed by atoms with Crippen molar-refractivity contribution in [3.63, 3.8) is 0 Å². The van der Waals surface area contributed by atoms with Gasteiger partial charge in [-0.3, -0.25) is 0 Å². The van der Waals surface area contributed by atoms with E-state index in [0.717, 1.165) is 11.3 Å². The van der Waals surface area contributed by atoms with Gasteiger partial charge in [-0.2, -0.15) is 0 Å². The van der Waals surface area contributed by atoms with Crippen LogP contribution in [0.1, 0.15) is 5.69 Å². The zero-order chi connectivity index (χ0) is 9.97. The average molecular weight is 191 g/mol. The van der Waals surface area contributed by atoms with Gasteiger partial charge in [0.15, 0.2) is 0 Å². The van der Waals surface area contributed by atoms with Crippen molar-refractivity contribution in [3.8, 4) is 11.4 Å². The molecule has 0 aliphatic rings. The predicted molar refractivity (Wildman–Crippen MR) is 51.9 cm³/mol. The van der Waals surface area contributed by atoms with E-state index in [4.69, 9.17) is 5.73 Å².